The number of hydrogen-bond acceptors (Lipinski definition) is 2. The number of rotatable bonds is 1. The minimum Gasteiger partial charge on any atom is -0.337 e. The molecule has 1 spiro atoms. The van der Waals surface area contributed by atoms with E-state index in [4.69, 9.17) is 0 Å². The van der Waals surface area contributed by atoms with Crippen molar-refractivity contribution in [1.29, 1.82) is 0 Å². The maximum absolute atomic E-state index is 11.6. The first-order valence-electron chi connectivity index (χ1n) is 5.30. The summed E-state index contributed by atoms with van der Waals surface area (Å²) in [7, 11) is 0. The highest BCUT2D eigenvalue weighted by Gasteiger charge is 2.44. The zero-order valence-electron chi connectivity index (χ0n) is 8.71. The zero-order chi connectivity index (χ0) is 9.31. The lowest BCUT2D eigenvalue weighted by Gasteiger charge is -2.41. The largest absolute Gasteiger partial charge is 0.337 e. The lowest BCUT2D eigenvalue weighted by atomic mass is 9.86. The smallest absolute Gasteiger partial charge is 0.223 e. The van der Waals surface area contributed by atoms with Crippen molar-refractivity contribution in [3.8, 4) is 0 Å². The molecule has 0 bridgehead atoms. The van der Waals surface area contributed by atoms with Gasteiger partial charge in [0.15, 0.2) is 0 Å². The summed E-state index contributed by atoms with van der Waals surface area (Å²) < 4.78 is 0. The molecule has 0 radical (unpaired) electrons. The molecule has 2 aliphatic heterocycles. The van der Waals surface area contributed by atoms with Crippen LogP contribution in [0.15, 0.2) is 0 Å². The van der Waals surface area contributed by atoms with Crippen molar-refractivity contribution in [2.24, 2.45) is 0 Å². The number of likely N-dealkylation sites (tertiary alicyclic amines) is 1. The standard InChI is InChI=1S/C10H18N2O.ClH/c1-2-12-9(13)3-4-10(12)5-7-11-8-6-10;/h11H,2-8H2,1H3;1H. The average Bonchev–Trinajstić information content (AvgIpc) is 2.45. The first kappa shape index (κ1) is 11.8. The van der Waals surface area contributed by atoms with Crippen LogP contribution >= 0.6 is 12.4 Å². The van der Waals surface area contributed by atoms with E-state index in [0.29, 0.717) is 5.91 Å². The minimum absolute atomic E-state index is 0. The summed E-state index contributed by atoms with van der Waals surface area (Å²) in [5, 5.41) is 3.36. The Morgan fingerprint density at radius 1 is 1.36 bits per heavy atom. The Bertz CT molecular complexity index is 214. The molecule has 4 heteroatoms. The average molecular weight is 219 g/mol. The molecule has 0 unspecified atom stereocenters. The van der Waals surface area contributed by atoms with Gasteiger partial charge in [-0.3, -0.25) is 4.79 Å². The second-order valence-electron chi connectivity index (χ2n) is 4.11. The molecule has 3 nitrogen and oxygen atoms in total. The molecule has 0 aromatic carbocycles. The van der Waals surface area contributed by atoms with Crippen LogP contribution in [-0.2, 0) is 4.79 Å². The van der Waals surface area contributed by atoms with E-state index >= 15 is 0 Å². The molecule has 2 saturated heterocycles. The molecule has 0 aliphatic carbocycles. The van der Waals surface area contributed by atoms with Crippen LogP contribution < -0.4 is 5.32 Å². The normalized spacial score (nSPS) is 25.2. The Labute approximate surface area is 91.6 Å². The third-order valence-electron chi connectivity index (χ3n) is 3.53. The SMILES string of the molecule is CCN1C(=O)CCC12CCNCC2.Cl. The topological polar surface area (TPSA) is 32.3 Å². The summed E-state index contributed by atoms with van der Waals surface area (Å²) >= 11 is 0. The van der Waals surface area contributed by atoms with Crippen molar-refractivity contribution in [2.75, 3.05) is 19.6 Å². The molecular formula is C10H19ClN2O. The molecule has 14 heavy (non-hydrogen) atoms. The molecule has 82 valence electrons. The number of carbonyl (C=O) groups excluding carboxylic acids is 1. The van der Waals surface area contributed by atoms with Gasteiger partial charge in [-0.2, -0.15) is 0 Å². The fourth-order valence-electron chi connectivity index (χ4n) is 2.80. The molecule has 2 aliphatic rings. The maximum Gasteiger partial charge on any atom is 0.223 e. The minimum atomic E-state index is 0. The van der Waals surface area contributed by atoms with Crippen LogP contribution in [-0.4, -0.2) is 36.0 Å². The molecule has 2 heterocycles. The summed E-state index contributed by atoms with van der Waals surface area (Å²) in [4.78, 5) is 13.7. The van der Waals surface area contributed by atoms with Gasteiger partial charge in [-0.15, -0.1) is 12.4 Å². The number of nitrogens with zero attached hydrogens (tertiary/aromatic N) is 1. The van der Waals surface area contributed by atoms with Crippen molar-refractivity contribution >= 4 is 18.3 Å². The number of nitrogens with one attached hydrogen (secondary N) is 1. The quantitative estimate of drug-likeness (QED) is 0.717. The van der Waals surface area contributed by atoms with Gasteiger partial charge in [-0.05, 0) is 39.3 Å². The lowest BCUT2D eigenvalue weighted by Crippen LogP contribution is -2.51. The van der Waals surface area contributed by atoms with E-state index in [1.165, 1.54) is 0 Å². The van der Waals surface area contributed by atoms with Crippen molar-refractivity contribution in [3.05, 3.63) is 0 Å². The fraction of sp³-hybridized carbons (Fsp3) is 0.900. The summed E-state index contributed by atoms with van der Waals surface area (Å²) in [6.45, 7) is 5.12. The highest BCUT2D eigenvalue weighted by Crippen LogP contribution is 2.36. The molecule has 0 aromatic rings. The summed E-state index contributed by atoms with van der Waals surface area (Å²) in [5.41, 5.74) is 0.233. The van der Waals surface area contributed by atoms with Gasteiger partial charge in [0.05, 0.1) is 0 Å². The van der Waals surface area contributed by atoms with E-state index in [1.54, 1.807) is 0 Å². The summed E-state index contributed by atoms with van der Waals surface area (Å²) in [6.07, 6.45) is 4.15. The predicted octanol–water partition coefficient (Wildman–Crippen LogP) is 1.17. The predicted molar refractivity (Wildman–Crippen MR) is 58.7 cm³/mol. The monoisotopic (exact) mass is 218 g/mol. The fourth-order valence-corrected chi connectivity index (χ4v) is 2.80. The molecule has 1 amide bonds. The second kappa shape index (κ2) is 4.49. The van der Waals surface area contributed by atoms with E-state index < -0.39 is 0 Å². The van der Waals surface area contributed by atoms with Crippen LogP contribution in [0, 0.1) is 0 Å². The molecule has 0 atom stereocenters. The Balaban J connectivity index is 0.000000980. The van der Waals surface area contributed by atoms with Gasteiger partial charge in [0.25, 0.3) is 0 Å². The van der Waals surface area contributed by atoms with Gasteiger partial charge in [0.2, 0.25) is 5.91 Å². The molecule has 0 aromatic heterocycles. The van der Waals surface area contributed by atoms with Gasteiger partial charge in [-0.1, -0.05) is 0 Å². The number of halogens is 1. The van der Waals surface area contributed by atoms with Gasteiger partial charge in [0, 0.05) is 18.5 Å². The van der Waals surface area contributed by atoms with Crippen LogP contribution in [0.25, 0.3) is 0 Å². The number of piperidine rings is 1. The molecule has 2 fully saturated rings. The van der Waals surface area contributed by atoms with Gasteiger partial charge >= 0.3 is 0 Å². The van der Waals surface area contributed by atoms with Crippen LogP contribution in [0.1, 0.15) is 32.6 Å². The van der Waals surface area contributed by atoms with E-state index in [1.807, 2.05) is 0 Å². The third-order valence-corrected chi connectivity index (χ3v) is 3.53. The highest BCUT2D eigenvalue weighted by molar-refractivity contribution is 5.85. The van der Waals surface area contributed by atoms with E-state index in [2.05, 4.69) is 17.1 Å². The van der Waals surface area contributed by atoms with E-state index in [-0.39, 0.29) is 17.9 Å². The molecule has 0 saturated carbocycles. The Morgan fingerprint density at radius 3 is 2.57 bits per heavy atom. The molecule has 2 rings (SSSR count). The zero-order valence-corrected chi connectivity index (χ0v) is 9.53. The highest BCUT2D eigenvalue weighted by atomic mass is 35.5. The van der Waals surface area contributed by atoms with Gasteiger partial charge < -0.3 is 10.2 Å². The maximum atomic E-state index is 11.6. The molecule has 1 N–H and O–H groups in total. The number of hydrogen-bond donors (Lipinski definition) is 1. The first-order chi connectivity index (χ1) is 6.28. The second-order valence-corrected chi connectivity index (χ2v) is 4.11. The van der Waals surface area contributed by atoms with Crippen molar-refractivity contribution in [1.82, 2.24) is 10.2 Å². The van der Waals surface area contributed by atoms with E-state index in [0.717, 1.165) is 45.3 Å². The molecular weight excluding hydrogens is 200 g/mol. The number of carbonyl (C=O) groups is 1. The van der Waals surface area contributed by atoms with Crippen LogP contribution in [0.5, 0.6) is 0 Å². The Morgan fingerprint density at radius 2 is 2.00 bits per heavy atom. The van der Waals surface area contributed by atoms with Crippen molar-refractivity contribution in [3.63, 3.8) is 0 Å². The van der Waals surface area contributed by atoms with Crippen molar-refractivity contribution in [2.45, 2.75) is 38.1 Å². The summed E-state index contributed by atoms with van der Waals surface area (Å²) in [5.74, 6) is 0.365. The van der Waals surface area contributed by atoms with Crippen molar-refractivity contribution < 1.29 is 4.79 Å². The number of amides is 1. The Hall–Kier alpha value is -0.280. The van der Waals surface area contributed by atoms with E-state index in [9.17, 15) is 4.79 Å². The summed E-state index contributed by atoms with van der Waals surface area (Å²) in [6, 6.07) is 0. The van der Waals surface area contributed by atoms with Crippen LogP contribution in [0.3, 0.4) is 0 Å². The van der Waals surface area contributed by atoms with Gasteiger partial charge in [0.1, 0.15) is 0 Å². The third kappa shape index (κ3) is 1.75. The van der Waals surface area contributed by atoms with Crippen LogP contribution in [0.2, 0.25) is 0 Å². The lowest BCUT2D eigenvalue weighted by molar-refractivity contribution is -0.131. The Kier molecular flexibility index (Phi) is 3.78. The first-order valence-corrected chi connectivity index (χ1v) is 5.30. The van der Waals surface area contributed by atoms with Crippen LogP contribution in [0.4, 0.5) is 0 Å². The van der Waals surface area contributed by atoms with Gasteiger partial charge in [-0.25, -0.2) is 0 Å².